The molecule has 0 saturated carbocycles. The van der Waals surface area contributed by atoms with Crippen LogP contribution in [0.1, 0.15) is 43.7 Å². The number of benzene rings is 2. The summed E-state index contributed by atoms with van der Waals surface area (Å²) in [4.78, 5) is 28.1. The van der Waals surface area contributed by atoms with Gasteiger partial charge in [0.1, 0.15) is 10.9 Å². The average Bonchev–Trinajstić information content (AvgIpc) is 3.12. The number of hydrogen-bond acceptors (Lipinski definition) is 4. The maximum Gasteiger partial charge on any atom is 0.265 e. The monoisotopic (exact) mass is 425 g/mol. The fourth-order valence-corrected chi connectivity index (χ4v) is 4.25. The maximum absolute atomic E-state index is 13.5. The highest BCUT2D eigenvalue weighted by atomic mass is 16.1. The van der Waals surface area contributed by atoms with E-state index >= 15 is 0 Å². The summed E-state index contributed by atoms with van der Waals surface area (Å²) in [5.41, 5.74) is 6.73. The lowest BCUT2D eigenvalue weighted by Gasteiger charge is -2.09. The van der Waals surface area contributed by atoms with Crippen molar-refractivity contribution < 1.29 is 0 Å². The Bertz CT molecular complexity index is 1510. The normalized spacial score (nSPS) is 11.7. The van der Waals surface area contributed by atoms with Gasteiger partial charge in [0, 0.05) is 12.2 Å². The molecule has 0 saturated heterocycles. The first-order chi connectivity index (χ1) is 15.6. The van der Waals surface area contributed by atoms with Crippen molar-refractivity contribution in [3.8, 4) is 5.69 Å². The predicted molar refractivity (Wildman–Crippen MR) is 130 cm³/mol. The van der Waals surface area contributed by atoms with Crippen LogP contribution in [0.4, 0.5) is 0 Å². The molecule has 3 aromatic heterocycles. The van der Waals surface area contributed by atoms with Crippen molar-refractivity contribution in [3.63, 3.8) is 0 Å². The van der Waals surface area contributed by atoms with Crippen molar-refractivity contribution in [2.75, 3.05) is 0 Å². The minimum atomic E-state index is -0.0522. The smallest absolute Gasteiger partial charge is 0.265 e. The van der Waals surface area contributed by atoms with Crippen LogP contribution in [0.2, 0.25) is 0 Å². The van der Waals surface area contributed by atoms with Gasteiger partial charge in [-0.1, -0.05) is 44.4 Å². The van der Waals surface area contributed by atoms with Gasteiger partial charge in [-0.3, -0.25) is 13.9 Å². The van der Waals surface area contributed by atoms with Gasteiger partial charge in [-0.25, -0.2) is 15.0 Å². The van der Waals surface area contributed by atoms with Crippen molar-refractivity contribution in [2.45, 2.75) is 53.0 Å². The van der Waals surface area contributed by atoms with Crippen LogP contribution in [-0.4, -0.2) is 24.1 Å². The molecule has 5 aromatic rings. The fourth-order valence-electron chi connectivity index (χ4n) is 4.25. The molecule has 6 nitrogen and oxygen atoms in total. The van der Waals surface area contributed by atoms with Crippen molar-refractivity contribution in [3.05, 3.63) is 70.3 Å². The molecule has 0 amide bonds. The van der Waals surface area contributed by atoms with Gasteiger partial charge in [-0.15, -0.1) is 0 Å². The van der Waals surface area contributed by atoms with E-state index in [1.807, 2.05) is 28.8 Å². The van der Waals surface area contributed by atoms with Crippen LogP contribution in [0.5, 0.6) is 0 Å². The third kappa shape index (κ3) is 3.36. The zero-order valence-electron chi connectivity index (χ0n) is 18.8. The van der Waals surface area contributed by atoms with E-state index in [4.69, 9.17) is 15.0 Å². The van der Waals surface area contributed by atoms with Crippen LogP contribution >= 0.6 is 0 Å². The molecule has 32 heavy (non-hydrogen) atoms. The molecule has 6 heteroatoms. The Hall–Kier alpha value is -3.54. The average molecular weight is 426 g/mol. The summed E-state index contributed by atoms with van der Waals surface area (Å²) in [6.45, 7) is 7.03. The molecular formula is C26H27N5O. The summed E-state index contributed by atoms with van der Waals surface area (Å²) in [7, 11) is 0. The molecule has 0 aliphatic carbocycles. The van der Waals surface area contributed by atoms with Crippen LogP contribution < -0.4 is 5.56 Å². The molecule has 0 aliphatic rings. The summed E-state index contributed by atoms with van der Waals surface area (Å²) < 4.78 is 3.69. The summed E-state index contributed by atoms with van der Waals surface area (Å²) in [5, 5.41) is 0.537. The van der Waals surface area contributed by atoms with Gasteiger partial charge < -0.3 is 0 Å². The van der Waals surface area contributed by atoms with Gasteiger partial charge in [-0.05, 0) is 55.7 Å². The number of hydrogen-bond donors (Lipinski definition) is 0. The van der Waals surface area contributed by atoms with Crippen LogP contribution in [-0.2, 0) is 6.54 Å². The van der Waals surface area contributed by atoms with E-state index in [9.17, 15) is 4.79 Å². The Morgan fingerprint density at radius 1 is 0.875 bits per heavy atom. The van der Waals surface area contributed by atoms with E-state index in [0.717, 1.165) is 36.0 Å². The quantitative estimate of drug-likeness (QED) is 0.338. The third-order valence-corrected chi connectivity index (χ3v) is 6.23. The Kier molecular flexibility index (Phi) is 5.21. The van der Waals surface area contributed by atoms with E-state index in [1.54, 1.807) is 10.9 Å². The third-order valence-electron chi connectivity index (χ3n) is 6.23. The molecule has 0 radical (unpaired) electrons. The van der Waals surface area contributed by atoms with Crippen molar-refractivity contribution in [1.29, 1.82) is 0 Å². The Morgan fingerprint density at radius 2 is 1.66 bits per heavy atom. The van der Waals surface area contributed by atoms with Crippen LogP contribution in [0, 0.1) is 13.8 Å². The molecule has 0 bridgehead atoms. The van der Waals surface area contributed by atoms with E-state index < -0.39 is 0 Å². The van der Waals surface area contributed by atoms with Crippen molar-refractivity contribution in [1.82, 2.24) is 24.1 Å². The molecule has 5 rings (SSSR count). The molecule has 0 unspecified atom stereocenters. The van der Waals surface area contributed by atoms with E-state index in [2.05, 4.69) is 39.0 Å². The molecule has 0 fully saturated rings. The Balaban J connectivity index is 1.80. The first kappa shape index (κ1) is 20.4. The molecular weight excluding hydrogens is 398 g/mol. The van der Waals surface area contributed by atoms with Crippen LogP contribution in [0.15, 0.2) is 53.6 Å². The molecule has 162 valence electrons. The number of nitrogens with zero attached hydrogens (tertiary/aromatic N) is 5. The van der Waals surface area contributed by atoms with E-state index in [0.29, 0.717) is 28.7 Å². The van der Waals surface area contributed by atoms with Gasteiger partial charge >= 0.3 is 0 Å². The number of unbranched alkanes of at least 4 members (excludes halogenated alkanes) is 3. The standard InChI is InChI=1S/C26H27N5O/c1-4-5-6-9-14-30-16-27-24-22(26(30)32)23-25(29-21-11-8-7-10-20(21)28-23)31(24)19-13-12-17(2)18(3)15-19/h7-8,10-13,15-16H,4-6,9,14H2,1-3H3. The molecule has 0 aliphatic heterocycles. The maximum atomic E-state index is 13.5. The summed E-state index contributed by atoms with van der Waals surface area (Å²) in [6, 6.07) is 14.0. The Labute approximate surface area is 186 Å². The largest absolute Gasteiger partial charge is 0.299 e. The second-order valence-electron chi connectivity index (χ2n) is 8.49. The lowest BCUT2D eigenvalue weighted by molar-refractivity contribution is 0.567. The lowest BCUT2D eigenvalue weighted by Crippen LogP contribution is -2.20. The fraction of sp³-hybridized carbons (Fsp3) is 0.308. The van der Waals surface area contributed by atoms with Crippen molar-refractivity contribution in [2.24, 2.45) is 0 Å². The SMILES string of the molecule is CCCCCCn1cnc2c(c1=O)c1nc3ccccc3nc1n2-c1ccc(C)c(C)c1. The molecule has 2 aromatic carbocycles. The minimum Gasteiger partial charge on any atom is -0.299 e. The van der Waals surface area contributed by atoms with Gasteiger partial charge in [-0.2, -0.15) is 0 Å². The number of aromatic nitrogens is 5. The van der Waals surface area contributed by atoms with E-state index in [-0.39, 0.29) is 5.56 Å². The lowest BCUT2D eigenvalue weighted by atomic mass is 10.1. The van der Waals surface area contributed by atoms with Crippen LogP contribution in [0.3, 0.4) is 0 Å². The summed E-state index contributed by atoms with van der Waals surface area (Å²) in [6.07, 6.45) is 6.08. The van der Waals surface area contributed by atoms with Crippen molar-refractivity contribution >= 4 is 33.2 Å². The van der Waals surface area contributed by atoms with Gasteiger partial charge in [0.05, 0.1) is 17.4 Å². The second-order valence-corrected chi connectivity index (χ2v) is 8.49. The van der Waals surface area contributed by atoms with Gasteiger partial charge in [0.2, 0.25) is 0 Å². The first-order valence-corrected chi connectivity index (χ1v) is 11.3. The first-order valence-electron chi connectivity index (χ1n) is 11.3. The molecule has 3 heterocycles. The topological polar surface area (TPSA) is 65.6 Å². The molecule has 0 spiro atoms. The predicted octanol–water partition coefficient (Wildman–Crippen LogP) is 5.48. The second kappa shape index (κ2) is 8.19. The summed E-state index contributed by atoms with van der Waals surface area (Å²) >= 11 is 0. The molecule has 0 N–H and O–H groups in total. The van der Waals surface area contributed by atoms with Crippen LogP contribution in [0.25, 0.3) is 38.9 Å². The zero-order valence-corrected chi connectivity index (χ0v) is 18.8. The zero-order chi connectivity index (χ0) is 22.2. The Morgan fingerprint density at radius 3 is 2.41 bits per heavy atom. The highest BCUT2D eigenvalue weighted by Crippen LogP contribution is 2.29. The highest BCUT2D eigenvalue weighted by Gasteiger charge is 2.21. The molecule has 0 atom stereocenters. The van der Waals surface area contributed by atoms with E-state index in [1.165, 1.54) is 17.5 Å². The number of para-hydroxylation sites is 2. The van der Waals surface area contributed by atoms with Gasteiger partial charge in [0.15, 0.2) is 11.3 Å². The highest BCUT2D eigenvalue weighted by molar-refractivity contribution is 6.05. The summed E-state index contributed by atoms with van der Waals surface area (Å²) in [5.74, 6) is 0. The number of fused-ring (bicyclic) bond motifs is 4. The minimum absolute atomic E-state index is 0.0522. The number of aryl methyl sites for hydroxylation is 3. The van der Waals surface area contributed by atoms with Gasteiger partial charge in [0.25, 0.3) is 5.56 Å². The number of rotatable bonds is 6.